The number of carboxylic acids is 1. The van der Waals surface area contributed by atoms with E-state index >= 15 is 0 Å². The normalized spacial score (nSPS) is 10.7. The molecule has 122 valence electrons. The summed E-state index contributed by atoms with van der Waals surface area (Å²) in [6.45, 7) is 0.608. The Balaban J connectivity index is 1.70. The first-order valence-electron chi connectivity index (χ1n) is 7.68. The number of aromatic carboxylic acids is 1. The van der Waals surface area contributed by atoms with E-state index in [0.29, 0.717) is 12.1 Å². The van der Waals surface area contributed by atoms with Gasteiger partial charge in [-0.25, -0.2) is 9.78 Å². The SMILES string of the molecule is O=C(O)c1cccc(Cn2ccnc2CCc2ccc(Cl)cc2)c1. The van der Waals surface area contributed by atoms with Crippen molar-refractivity contribution in [3.05, 3.63) is 88.5 Å². The fourth-order valence-electron chi connectivity index (χ4n) is 2.62. The number of imidazole rings is 1. The van der Waals surface area contributed by atoms with Gasteiger partial charge in [-0.2, -0.15) is 0 Å². The smallest absolute Gasteiger partial charge is 0.335 e. The maximum atomic E-state index is 11.1. The summed E-state index contributed by atoms with van der Waals surface area (Å²) in [6.07, 6.45) is 5.39. The van der Waals surface area contributed by atoms with E-state index in [1.807, 2.05) is 36.5 Å². The predicted octanol–water partition coefficient (Wildman–Crippen LogP) is 4.07. The lowest BCUT2D eigenvalue weighted by Gasteiger charge is -2.09. The molecule has 4 nitrogen and oxygen atoms in total. The van der Waals surface area contributed by atoms with Gasteiger partial charge in [-0.3, -0.25) is 0 Å². The van der Waals surface area contributed by atoms with Crippen molar-refractivity contribution in [1.29, 1.82) is 0 Å². The van der Waals surface area contributed by atoms with Gasteiger partial charge in [0.2, 0.25) is 0 Å². The molecule has 0 fully saturated rings. The van der Waals surface area contributed by atoms with Gasteiger partial charge in [0.1, 0.15) is 5.82 Å². The van der Waals surface area contributed by atoms with Crippen LogP contribution in [0.5, 0.6) is 0 Å². The average Bonchev–Trinajstić information content (AvgIpc) is 3.02. The van der Waals surface area contributed by atoms with Crippen LogP contribution in [0, 0.1) is 0 Å². The first kappa shape index (κ1) is 16.3. The van der Waals surface area contributed by atoms with Gasteiger partial charge in [0.05, 0.1) is 5.56 Å². The third kappa shape index (κ3) is 4.03. The fraction of sp³-hybridized carbons (Fsp3) is 0.158. The summed E-state index contributed by atoms with van der Waals surface area (Å²) in [7, 11) is 0. The molecule has 0 amide bonds. The lowest BCUT2D eigenvalue weighted by atomic mass is 10.1. The number of nitrogens with zero attached hydrogens (tertiary/aromatic N) is 2. The van der Waals surface area contributed by atoms with Crippen LogP contribution in [0.2, 0.25) is 5.02 Å². The molecule has 5 heteroatoms. The summed E-state index contributed by atoms with van der Waals surface area (Å²) in [6, 6.07) is 14.8. The summed E-state index contributed by atoms with van der Waals surface area (Å²) < 4.78 is 2.05. The molecule has 3 aromatic rings. The molecule has 0 saturated carbocycles. The van der Waals surface area contributed by atoms with E-state index in [4.69, 9.17) is 16.7 Å². The summed E-state index contributed by atoms with van der Waals surface area (Å²) in [5, 5.41) is 9.83. The van der Waals surface area contributed by atoms with Crippen molar-refractivity contribution in [1.82, 2.24) is 9.55 Å². The van der Waals surface area contributed by atoms with Crippen molar-refractivity contribution < 1.29 is 9.90 Å². The van der Waals surface area contributed by atoms with E-state index in [1.54, 1.807) is 24.4 Å². The van der Waals surface area contributed by atoms with Gasteiger partial charge in [0.25, 0.3) is 0 Å². The van der Waals surface area contributed by atoms with Crippen LogP contribution in [0.1, 0.15) is 27.3 Å². The molecule has 3 rings (SSSR count). The van der Waals surface area contributed by atoms with Crippen LogP contribution in [0.25, 0.3) is 0 Å². The number of hydrogen-bond donors (Lipinski definition) is 1. The molecule has 2 aromatic carbocycles. The fourth-order valence-corrected chi connectivity index (χ4v) is 2.74. The number of rotatable bonds is 6. The highest BCUT2D eigenvalue weighted by Crippen LogP contribution is 2.13. The molecule has 24 heavy (non-hydrogen) atoms. The van der Waals surface area contributed by atoms with E-state index in [2.05, 4.69) is 9.55 Å². The molecular weight excluding hydrogens is 324 g/mol. The molecule has 0 aliphatic rings. The van der Waals surface area contributed by atoms with Gasteiger partial charge in [-0.05, 0) is 41.8 Å². The largest absolute Gasteiger partial charge is 0.478 e. The Morgan fingerprint density at radius 1 is 1.08 bits per heavy atom. The molecule has 0 aliphatic heterocycles. The number of benzene rings is 2. The van der Waals surface area contributed by atoms with E-state index < -0.39 is 5.97 Å². The molecule has 0 radical (unpaired) electrons. The highest BCUT2D eigenvalue weighted by molar-refractivity contribution is 6.30. The summed E-state index contributed by atoms with van der Waals surface area (Å²) in [4.78, 5) is 15.5. The van der Waals surface area contributed by atoms with Crippen molar-refractivity contribution >= 4 is 17.6 Å². The Labute approximate surface area is 145 Å². The number of hydrogen-bond acceptors (Lipinski definition) is 2. The second-order valence-electron chi connectivity index (χ2n) is 5.60. The molecule has 0 atom stereocenters. The quantitative estimate of drug-likeness (QED) is 0.736. The average molecular weight is 341 g/mol. The lowest BCUT2D eigenvalue weighted by molar-refractivity contribution is 0.0696. The highest BCUT2D eigenvalue weighted by Gasteiger charge is 2.07. The van der Waals surface area contributed by atoms with Crippen LogP contribution in [0.15, 0.2) is 60.9 Å². The molecule has 1 heterocycles. The van der Waals surface area contributed by atoms with E-state index in [1.165, 1.54) is 5.56 Å². The Hall–Kier alpha value is -2.59. The van der Waals surface area contributed by atoms with Gasteiger partial charge in [-0.15, -0.1) is 0 Å². The van der Waals surface area contributed by atoms with Crippen LogP contribution >= 0.6 is 11.6 Å². The second-order valence-corrected chi connectivity index (χ2v) is 6.04. The molecule has 1 N–H and O–H groups in total. The summed E-state index contributed by atoms with van der Waals surface area (Å²) in [5.41, 5.74) is 2.46. The molecule has 0 saturated heterocycles. The minimum atomic E-state index is -0.912. The molecule has 0 bridgehead atoms. The minimum absolute atomic E-state index is 0.301. The van der Waals surface area contributed by atoms with Crippen molar-refractivity contribution in [2.45, 2.75) is 19.4 Å². The zero-order valence-corrected chi connectivity index (χ0v) is 13.8. The van der Waals surface area contributed by atoms with Gasteiger partial charge in [0, 0.05) is 30.4 Å². The van der Waals surface area contributed by atoms with Crippen molar-refractivity contribution in [2.75, 3.05) is 0 Å². The molecule has 1 aromatic heterocycles. The standard InChI is InChI=1S/C19H17ClN2O2/c20-17-7-4-14(5-8-17)6-9-18-21-10-11-22(18)13-15-2-1-3-16(12-15)19(23)24/h1-5,7-8,10-12H,6,9,13H2,(H,23,24). The Morgan fingerprint density at radius 3 is 2.62 bits per heavy atom. The van der Waals surface area contributed by atoms with Crippen LogP contribution in [0.4, 0.5) is 0 Å². The third-order valence-corrected chi connectivity index (χ3v) is 4.13. The zero-order chi connectivity index (χ0) is 16.9. The number of aryl methyl sites for hydroxylation is 2. The summed E-state index contributed by atoms with van der Waals surface area (Å²) in [5.74, 6) is 0.0659. The number of carboxylic acid groups (broad SMARTS) is 1. The second kappa shape index (κ2) is 7.32. The van der Waals surface area contributed by atoms with E-state index in [0.717, 1.165) is 29.3 Å². The maximum Gasteiger partial charge on any atom is 0.335 e. The highest BCUT2D eigenvalue weighted by atomic mass is 35.5. The first-order valence-corrected chi connectivity index (χ1v) is 8.06. The predicted molar refractivity (Wildman–Crippen MR) is 93.6 cm³/mol. The van der Waals surface area contributed by atoms with Gasteiger partial charge in [-0.1, -0.05) is 35.9 Å². The van der Waals surface area contributed by atoms with Gasteiger partial charge in [0.15, 0.2) is 0 Å². The van der Waals surface area contributed by atoms with Gasteiger partial charge >= 0.3 is 5.97 Å². The van der Waals surface area contributed by atoms with Crippen LogP contribution in [0.3, 0.4) is 0 Å². The number of aromatic nitrogens is 2. The number of halogens is 1. The van der Waals surface area contributed by atoms with E-state index in [9.17, 15) is 4.79 Å². The Bertz CT molecular complexity index is 841. The van der Waals surface area contributed by atoms with Crippen molar-refractivity contribution in [2.24, 2.45) is 0 Å². The molecular formula is C19H17ClN2O2. The lowest BCUT2D eigenvalue weighted by Crippen LogP contribution is -2.07. The van der Waals surface area contributed by atoms with Crippen LogP contribution in [-0.4, -0.2) is 20.6 Å². The van der Waals surface area contributed by atoms with Crippen LogP contribution < -0.4 is 0 Å². The summed E-state index contributed by atoms with van der Waals surface area (Å²) >= 11 is 5.90. The topological polar surface area (TPSA) is 55.1 Å². The maximum absolute atomic E-state index is 11.1. The molecule has 0 spiro atoms. The molecule has 0 unspecified atom stereocenters. The Morgan fingerprint density at radius 2 is 1.88 bits per heavy atom. The van der Waals surface area contributed by atoms with Crippen LogP contribution in [-0.2, 0) is 19.4 Å². The minimum Gasteiger partial charge on any atom is -0.478 e. The number of carbonyl (C=O) groups is 1. The van der Waals surface area contributed by atoms with Crippen molar-refractivity contribution in [3.63, 3.8) is 0 Å². The molecule has 0 aliphatic carbocycles. The van der Waals surface area contributed by atoms with Gasteiger partial charge < -0.3 is 9.67 Å². The van der Waals surface area contributed by atoms with Crippen molar-refractivity contribution in [3.8, 4) is 0 Å². The zero-order valence-electron chi connectivity index (χ0n) is 13.0. The van der Waals surface area contributed by atoms with E-state index in [-0.39, 0.29) is 0 Å². The Kier molecular flexibility index (Phi) is 4.96. The third-order valence-electron chi connectivity index (χ3n) is 3.88. The first-order chi connectivity index (χ1) is 11.6. The monoisotopic (exact) mass is 340 g/mol.